The van der Waals surface area contributed by atoms with Crippen LogP contribution < -0.4 is 14.8 Å². The first-order chi connectivity index (χ1) is 15.4. The van der Waals surface area contributed by atoms with E-state index in [0.717, 1.165) is 19.3 Å². The molecule has 2 aromatic rings. The van der Waals surface area contributed by atoms with Crippen molar-refractivity contribution in [3.63, 3.8) is 0 Å². The van der Waals surface area contributed by atoms with E-state index in [-0.39, 0.29) is 17.7 Å². The van der Waals surface area contributed by atoms with Crippen LogP contribution in [-0.4, -0.2) is 23.1 Å². The van der Waals surface area contributed by atoms with Gasteiger partial charge < -0.3 is 19.9 Å². The molecule has 0 unspecified atom stereocenters. The van der Waals surface area contributed by atoms with Crippen LogP contribution in [0, 0.1) is 5.92 Å². The molecule has 1 aliphatic rings. The minimum Gasteiger partial charge on any atom is -0.487 e. The number of rotatable bonds is 10. The van der Waals surface area contributed by atoms with Crippen LogP contribution in [-0.2, 0) is 9.59 Å². The maximum atomic E-state index is 12.2. The smallest absolute Gasteiger partial charge is 0.352 e. The van der Waals surface area contributed by atoms with Crippen LogP contribution in [0.5, 0.6) is 17.2 Å². The van der Waals surface area contributed by atoms with Crippen molar-refractivity contribution in [2.75, 3.05) is 0 Å². The fraction of sp³-hybridized carbons (Fsp3) is 0.385. The molecule has 2 N–H and O–H groups in total. The fourth-order valence-electron chi connectivity index (χ4n) is 3.81. The van der Waals surface area contributed by atoms with Gasteiger partial charge in [0, 0.05) is 6.42 Å². The first kappa shape index (κ1) is 23.4. The number of para-hydroxylation sites is 2. The number of carboxylic acids is 1. The molecule has 32 heavy (non-hydrogen) atoms. The normalized spacial score (nSPS) is 14.4. The summed E-state index contributed by atoms with van der Waals surface area (Å²) in [4.78, 5) is 23.8. The van der Waals surface area contributed by atoms with Gasteiger partial charge in [-0.15, -0.1) is 0 Å². The van der Waals surface area contributed by atoms with E-state index in [1.807, 2.05) is 38.1 Å². The summed E-state index contributed by atoms with van der Waals surface area (Å²) in [5.41, 5.74) is 0.517. The number of hydrogen-bond donors (Lipinski definition) is 2. The van der Waals surface area contributed by atoms with Gasteiger partial charge >= 0.3 is 5.97 Å². The van der Waals surface area contributed by atoms with Crippen molar-refractivity contribution >= 4 is 18.0 Å². The molecule has 1 amide bonds. The lowest BCUT2D eigenvalue weighted by Crippen LogP contribution is -2.27. The van der Waals surface area contributed by atoms with Crippen LogP contribution in [0.15, 0.2) is 54.2 Å². The van der Waals surface area contributed by atoms with Gasteiger partial charge in [-0.2, -0.15) is 0 Å². The van der Waals surface area contributed by atoms with Crippen LogP contribution >= 0.6 is 0 Å². The van der Waals surface area contributed by atoms with Crippen LogP contribution in [0.2, 0.25) is 0 Å². The zero-order valence-corrected chi connectivity index (χ0v) is 18.7. The minimum atomic E-state index is -1.17. The molecule has 6 heteroatoms. The number of carboxylic acid groups (broad SMARTS) is 1. The number of aliphatic carboxylic acids is 1. The van der Waals surface area contributed by atoms with Crippen LogP contribution in [0.4, 0.5) is 0 Å². The maximum absolute atomic E-state index is 12.2. The summed E-state index contributed by atoms with van der Waals surface area (Å²) >= 11 is 0. The fourth-order valence-corrected chi connectivity index (χ4v) is 3.81. The van der Waals surface area contributed by atoms with Crippen LogP contribution in [0.3, 0.4) is 0 Å². The van der Waals surface area contributed by atoms with Crippen molar-refractivity contribution in [1.29, 1.82) is 0 Å². The number of carbonyl (C=O) groups is 2. The van der Waals surface area contributed by atoms with E-state index in [2.05, 4.69) is 5.32 Å². The lowest BCUT2D eigenvalue weighted by atomic mass is 10.0. The highest BCUT2D eigenvalue weighted by atomic mass is 16.5. The second-order valence-corrected chi connectivity index (χ2v) is 8.38. The van der Waals surface area contributed by atoms with Gasteiger partial charge in [0.15, 0.2) is 11.5 Å². The van der Waals surface area contributed by atoms with E-state index in [1.54, 1.807) is 24.3 Å². The zero-order chi connectivity index (χ0) is 22.9. The Kier molecular flexibility index (Phi) is 8.31. The molecule has 170 valence electrons. The highest BCUT2D eigenvalue weighted by Crippen LogP contribution is 2.32. The van der Waals surface area contributed by atoms with Crippen molar-refractivity contribution < 1.29 is 24.2 Å². The second-order valence-electron chi connectivity index (χ2n) is 8.38. The first-order valence-electron chi connectivity index (χ1n) is 11.2. The average Bonchev–Trinajstić information content (AvgIpc) is 3.28. The zero-order valence-electron chi connectivity index (χ0n) is 18.7. The number of hydrogen-bond acceptors (Lipinski definition) is 4. The third-order valence-corrected chi connectivity index (χ3v) is 5.39. The quantitative estimate of drug-likeness (QED) is 0.460. The topological polar surface area (TPSA) is 84.9 Å². The van der Waals surface area contributed by atoms with Crippen LogP contribution in [0.1, 0.15) is 57.9 Å². The summed E-state index contributed by atoms with van der Waals surface area (Å²) < 4.78 is 11.7. The summed E-state index contributed by atoms with van der Waals surface area (Å²) in [7, 11) is 0. The Bertz CT molecular complexity index is 943. The summed E-state index contributed by atoms with van der Waals surface area (Å²) in [5, 5.41) is 12.0. The Morgan fingerprint density at radius 1 is 1.06 bits per heavy atom. The summed E-state index contributed by atoms with van der Waals surface area (Å²) in [6.45, 7) is 3.90. The van der Waals surface area contributed by atoms with Crippen molar-refractivity contribution in [1.82, 2.24) is 5.32 Å². The monoisotopic (exact) mass is 437 g/mol. The number of amides is 1. The molecule has 1 saturated carbocycles. The first-order valence-corrected chi connectivity index (χ1v) is 11.2. The number of ether oxygens (including phenoxy) is 2. The second kappa shape index (κ2) is 11.4. The molecule has 0 heterocycles. The molecule has 6 nitrogen and oxygen atoms in total. The molecule has 0 aliphatic heterocycles. The van der Waals surface area contributed by atoms with E-state index >= 15 is 0 Å². The van der Waals surface area contributed by atoms with Crippen molar-refractivity contribution in [3.05, 3.63) is 59.8 Å². The molecule has 3 rings (SSSR count). The van der Waals surface area contributed by atoms with Crippen molar-refractivity contribution in [2.45, 2.75) is 58.5 Å². The summed E-state index contributed by atoms with van der Waals surface area (Å²) in [6, 6.07) is 14.4. The Morgan fingerprint density at radius 2 is 1.72 bits per heavy atom. The lowest BCUT2D eigenvalue weighted by molar-refractivity contribution is -0.134. The van der Waals surface area contributed by atoms with E-state index < -0.39 is 5.97 Å². The van der Waals surface area contributed by atoms with Crippen molar-refractivity contribution in [3.8, 4) is 17.2 Å². The SMILES string of the molecule is CC(C)Oc1ccccc1Oc1ccc(C=C(NC(=O)CCC2CCCC2)C(=O)O)cc1. The summed E-state index contributed by atoms with van der Waals surface area (Å²) in [6.07, 6.45) is 7.41. The number of carbonyl (C=O) groups excluding carboxylic acids is 1. The molecule has 0 radical (unpaired) electrons. The highest BCUT2D eigenvalue weighted by molar-refractivity contribution is 5.96. The minimum absolute atomic E-state index is 0.0232. The predicted octanol–water partition coefficient (Wildman–Crippen LogP) is 5.78. The number of benzene rings is 2. The highest BCUT2D eigenvalue weighted by Gasteiger charge is 2.18. The largest absolute Gasteiger partial charge is 0.487 e. The standard InChI is InChI=1S/C26H31NO5/c1-18(2)31-23-9-5-6-10-24(23)32-21-14-11-20(12-15-21)17-22(26(29)30)27-25(28)16-13-19-7-3-4-8-19/h5-6,9-12,14-15,17-19H,3-4,7-8,13,16H2,1-2H3,(H,27,28)(H,29,30). The van der Waals surface area contributed by atoms with Crippen LogP contribution in [0.25, 0.3) is 6.08 Å². The molecule has 0 aromatic heterocycles. The predicted molar refractivity (Wildman–Crippen MR) is 124 cm³/mol. The third kappa shape index (κ3) is 7.15. The third-order valence-electron chi connectivity index (χ3n) is 5.39. The molecule has 0 saturated heterocycles. The van der Waals surface area contributed by atoms with Gasteiger partial charge in [0.25, 0.3) is 0 Å². The van der Waals surface area contributed by atoms with Gasteiger partial charge in [0.1, 0.15) is 11.4 Å². The Labute approximate surface area is 189 Å². The average molecular weight is 438 g/mol. The maximum Gasteiger partial charge on any atom is 0.352 e. The van der Waals surface area contributed by atoms with E-state index in [0.29, 0.717) is 35.2 Å². The molecule has 1 aliphatic carbocycles. The van der Waals surface area contributed by atoms with Gasteiger partial charge in [-0.25, -0.2) is 4.79 Å². The molecular weight excluding hydrogens is 406 g/mol. The molecule has 1 fully saturated rings. The summed E-state index contributed by atoms with van der Waals surface area (Å²) in [5.74, 6) is 1.01. The number of nitrogens with one attached hydrogen (secondary N) is 1. The molecule has 0 spiro atoms. The Hall–Kier alpha value is -3.28. The van der Waals surface area contributed by atoms with Gasteiger partial charge in [-0.05, 0) is 62.1 Å². The van der Waals surface area contributed by atoms with Gasteiger partial charge in [0.2, 0.25) is 5.91 Å². The van der Waals surface area contributed by atoms with Gasteiger partial charge in [-0.1, -0.05) is 49.9 Å². The van der Waals surface area contributed by atoms with Gasteiger partial charge in [-0.3, -0.25) is 4.79 Å². The van der Waals surface area contributed by atoms with Crippen molar-refractivity contribution in [2.24, 2.45) is 5.92 Å². The van der Waals surface area contributed by atoms with E-state index in [4.69, 9.17) is 9.47 Å². The Morgan fingerprint density at radius 3 is 2.34 bits per heavy atom. The van der Waals surface area contributed by atoms with Gasteiger partial charge in [0.05, 0.1) is 6.10 Å². The lowest BCUT2D eigenvalue weighted by Gasteiger charge is -2.14. The molecule has 0 atom stereocenters. The Balaban J connectivity index is 1.63. The molecule has 2 aromatic carbocycles. The molecular formula is C26H31NO5. The van der Waals surface area contributed by atoms with E-state index in [1.165, 1.54) is 18.9 Å². The molecule has 0 bridgehead atoms. The van der Waals surface area contributed by atoms with E-state index in [9.17, 15) is 14.7 Å².